The number of hydrogen-bond acceptors (Lipinski definition) is 5. The summed E-state index contributed by atoms with van der Waals surface area (Å²) in [6, 6.07) is 5.83. The molecule has 3 aliphatic heterocycles. The molecule has 4 atom stereocenters. The lowest BCUT2D eigenvalue weighted by molar-refractivity contribution is -0.697. The van der Waals surface area contributed by atoms with Crippen molar-refractivity contribution in [2.45, 2.75) is 57.3 Å². The van der Waals surface area contributed by atoms with E-state index < -0.39 is 18.0 Å². The first-order valence-corrected chi connectivity index (χ1v) is 10.2. The highest BCUT2D eigenvalue weighted by molar-refractivity contribution is 5.99. The zero-order valence-corrected chi connectivity index (χ0v) is 16.5. The number of aryl methyl sites for hydroxylation is 1. The van der Waals surface area contributed by atoms with Gasteiger partial charge in [-0.2, -0.15) is 0 Å². The number of aliphatic imine (C=N–C) groups is 1. The Balaban J connectivity index is 1.32. The number of carboxylic acids is 1. The third-order valence-corrected chi connectivity index (χ3v) is 6.00. The number of nitrogens with zero attached hydrogens (tertiary/aromatic N) is 3. The van der Waals surface area contributed by atoms with Crippen LogP contribution in [0.5, 0.6) is 0 Å². The van der Waals surface area contributed by atoms with Crippen LogP contribution in [0.4, 0.5) is 0 Å². The Morgan fingerprint density at radius 1 is 1.38 bits per heavy atom. The van der Waals surface area contributed by atoms with Crippen LogP contribution in [-0.4, -0.2) is 57.6 Å². The molecule has 0 radical (unpaired) electrons. The van der Waals surface area contributed by atoms with Gasteiger partial charge in [0.25, 0.3) is 0 Å². The highest BCUT2D eigenvalue weighted by Crippen LogP contribution is 2.44. The number of carboxylic acid groups (broad SMARTS) is 1. The molecular weight excluding hydrogens is 372 g/mol. The smallest absolute Gasteiger partial charge is 0.352 e. The Morgan fingerprint density at radius 3 is 2.83 bits per heavy atom. The molecule has 0 spiro atoms. The topological polar surface area (TPSA) is 106 Å². The Kier molecular flexibility index (Phi) is 5.36. The third kappa shape index (κ3) is 3.76. The second kappa shape index (κ2) is 7.94. The van der Waals surface area contributed by atoms with E-state index in [0.29, 0.717) is 19.4 Å². The van der Waals surface area contributed by atoms with Gasteiger partial charge in [0.1, 0.15) is 12.2 Å². The van der Waals surface area contributed by atoms with Crippen LogP contribution >= 0.6 is 0 Å². The summed E-state index contributed by atoms with van der Waals surface area (Å²) in [5.41, 5.74) is 0.875. The fourth-order valence-electron chi connectivity index (χ4n) is 4.67. The van der Waals surface area contributed by atoms with E-state index >= 15 is 0 Å². The maximum atomic E-state index is 12.3. The number of aliphatic hydroxyl groups is 1. The molecule has 0 saturated carbocycles. The molecule has 4 heterocycles. The average molecular weight is 399 g/mol. The summed E-state index contributed by atoms with van der Waals surface area (Å²) in [7, 11) is 0. The Hall–Kier alpha value is -2.74. The standard InChI is InChI=1S/C21H26N4O4/c1-13(26)18-16-11-14(19(21(28)29)25(16)20(18)27)10-15-12-22-17(23-15)6-5-9-24-7-3-2-4-8-24/h2-4,7-8,13,15-16,18,26H,5-6,9-12H2,1H3,(H-,22,23,28,29)/p+1/t13-,15-,16-,18-/m1/s1. The molecule has 1 fully saturated rings. The van der Waals surface area contributed by atoms with Crippen molar-refractivity contribution in [2.24, 2.45) is 10.9 Å². The number of fused-ring (bicyclic) bond motifs is 1. The van der Waals surface area contributed by atoms with Crippen molar-refractivity contribution in [3.63, 3.8) is 0 Å². The number of carbonyl (C=O) groups excluding carboxylic acids is 1. The Labute approximate surface area is 169 Å². The van der Waals surface area contributed by atoms with Crippen molar-refractivity contribution in [2.75, 3.05) is 6.54 Å². The van der Waals surface area contributed by atoms with E-state index in [1.807, 2.05) is 30.6 Å². The molecule has 4 rings (SSSR count). The number of carbonyl (C=O) groups is 2. The van der Waals surface area contributed by atoms with Crippen LogP contribution in [-0.2, 0) is 16.1 Å². The van der Waals surface area contributed by atoms with Crippen molar-refractivity contribution < 1.29 is 24.4 Å². The number of nitrogens with one attached hydrogen (secondary N) is 1. The average Bonchev–Trinajstić information content (AvgIpc) is 3.25. The largest absolute Gasteiger partial charge is 0.477 e. The van der Waals surface area contributed by atoms with E-state index in [9.17, 15) is 19.8 Å². The van der Waals surface area contributed by atoms with E-state index in [-0.39, 0.29) is 23.7 Å². The fraction of sp³-hybridized carbons (Fsp3) is 0.524. The first kappa shape index (κ1) is 19.6. The molecule has 8 heteroatoms. The summed E-state index contributed by atoms with van der Waals surface area (Å²) in [4.78, 5) is 30.0. The van der Waals surface area contributed by atoms with Gasteiger partial charge in [-0.15, -0.1) is 0 Å². The van der Waals surface area contributed by atoms with Crippen LogP contribution < -0.4 is 9.88 Å². The van der Waals surface area contributed by atoms with Crippen LogP contribution in [0.3, 0.4) is 0 Å². The van der Waals surface area contributed by atoms with E-state index in [0.717, 1.165) is 30.8 Å². The lowest BCUT2D eigenvalue weighted by Gasteiger charge is -2.44. The minimum Gasteiger partial charge on any atom is -0.477 e. The Morgan fingerprint density at radius 2 is 2.14 bits per heavy atom. The van der Waals surface area contributed by atoms with Crippen molar-refractivity contribution in [1.82, 2.24) is 10.2 Å². The zero-order chi connectivity index (χ0) is 20.5. The van der Waals surface area contributed by atoms with Gasteiger partial charge in [-0.25, -0.2) is 9.36 Å². The van der Waals surface area contributed by atoms with Crippen LogP contribution in [0, 0.1) is 5.92 Å². The summed E-state index contributed by atoms with van der Waals surface area (Å²) in [5.74, 6) is -0.894. The summed E-state index contributed by atoms with van der Waals surface area (Å²) >= 11 is 0. The van der Waals surface area contributed by atoms with E-state index in [4.69, 9.17) is 0 Å². The molecule has 0 unspecified atom stereocenters. The van der Waals surface area contributed by atoms with Crippen LogP contribution in [0.2, 0.25) is 0 Å². The number of amidine groups is 1. The number of aliphatic hydroxyl groups excluding tert-OH is 1. The lowest BCUT2D eigenvalue weighted by atomic mass is 9.82. The first-order chi connectivity index (χ1) is 14.0. The predicted molar refractivity (Wildman–Crippen MR) is 105 cm³/mol. The van der Waals surface area contributed by atoms with Gasteiger partial charge in [-0.1, -0.05) is 6.07 Å². The van der Waals surface area contributed by atoms with Gasteiger partial charge < -0.3 is 20.4 Å². The molecule has 1 saturated heterocycles. The van der Waals surface area contributed by atoms with Crippen LogP contribution in [0.15, 0.2) is 46.9 Å². The molecule has 0 aliphatic carbocycles. The highest BCUT2D eigenvalue weighted by Gasteiger charge is 2.56. The maximum absolute atomic E-state index is 12.3. The monoisotopic (exact) mass is 399 g/mol. The van der Waals surface area contributed by atoms with Crippen molar-refractivity contribution in [3.8, 4) is 0 Å². The van der Waals surface area contributed by atoms with Gasteiger partial charge in [0.05, 0.1) is 36.5 Å². The summed E-state index contributed by atoms with van der Waals surface area (Å²) < 4.78 is 2.13. The Bertz CT molecular complexity index is 865. The minimum atomic E-state index is -1.07. The number of amides is 1. The zero-order valence-electron chi connectivity index (χ0n) is 16.5. The number of aromatic nitrogens is 1. The molecule has 3 aliphatic rings. The first-order valence-electron chi connectivity index (χ1n) is 10.2. The number of pyridine rings is 1. The quantitative estimate of drug-likeness (QED) is 0.435. The van der Waals surface area contributed by atoms with E-state index in [1.54, 1.807) is 6.92 Å². The number of aliphatic carboxylic acids is 1. The van der Waals surface area contributed by atoms with Gasteiger partial charge in [-0.05, 0) is 25.3 Å². The molecule has 29 heavy (non-hydrogen) atoms. The second-order valence-corrected chi connectivity index (χ2v) is 8.05. The van der Waals surface area contributed by atoms with Gasteiger partial charge in [0.2, 0.25) is 5.91 Å². The number of rotatable bonds is 8. The normalized spacial score (nSPS) is 26.7. The van der Waals surface area contributed by atoms with Gasteiger partial charge in [0, 0.05) is 25.0 Å². The second-order valence-electron chi connectivity index (χ2n) is 8.05. The van der Waals surface area contributed by atoms with E-state index in [2.05, 4.69) is 14.9 Å². The van der Waals surface area contributed by atoms with Crippen molar-refractivity contribution in [3.05, 3.63) is 41.9 Å². The van der Waals surface area contributed by atoms with Crippen LogP contribution in [0.25, 0.3) is 0 Å². The molecule has 0 bridgehead atoms. The molecule has 154 valence electrons. The summed E-state index contributed by atoms with van der Waals surface area (Å²) in [6.45, 7) is 3.12. The van der Waals surface area contributed by atoms with Gasteiger partial charge >= 0.3 is 5.97 Å². The molecule has 1 amide bonds. The van der Waals surface area contributed by atoms with E-state index in [1.165, 1.54) is 4.90 Å². The van der Waals surface area contributed by atoms with Gasteiger partial charge in [-0.3, -0.25) is 9.79 Å². The predicted octanol–water partition coefficient (Wildman–Crippen LogP) is 0.465. The molecule has 8 nitrogen and oxygen atoms in total. The number of β-lactam (4-membered cyclic amide) rings is 1. The third-order valence-electron chi connectivity index (χ3n) is 6.00. The molecular formula is C21H27N4O4+. The fourth-order valence-corrected chi connectivity index (χ4v) is 4.67. The highest BCUT2D eigenvalue weighted by atomic mass is 16.4. The maximum Gasteiger partial charge on any atom is 0.352 e. The number of hydrogen-bond donors (Lipinski definition) is 3. The van der Waals surface area contributed by atoms with Crippen molar-refractivity contribution in [1.29, 1.82) is 0 Å². The minimum absolute atomic E-state index is 0.0533. The van der Waals surface area contributed by atoms with Gasteiger partial charge in [0.15, 0.2) is 12.4 Å². The molecule has 1 aromatic heterocycles. The van der Waals surface area contributed by atoms with Crippen LogP contribution in [0.1, 0.15) is 32.6 Å². The molecule has 1 aromatic rings. The summed E-state index contributed by atoms with van der Waals surface area (Å²) in [6.07, 6.45) is 6.20. The lowest BCUT2D eigenvalue weighted by Crippen LogP contribution is -2.61. The van der Waals surface area contributed by atoms with Crippen molar-refractivity contribution >= 4 is 17.7 Å². The molecule has 3 N–H and O–H groups in total. The SMILES string of the molecule is C[C@@H](O)[C@H]1C(=O)N2C(C(=O)O)=C(C[C@@H]3CN=C(CCC[n+]4ccccc4)N3)C[C@H]12. The summed E-state index contributed by atoms with van der Waals surface area (Å²) in [5, 5.41) is 22.9. The molecule has 0 aromatic carbocycles.